The molecule has 0 aliphatic heterocycles. The number of benzene rings is 2. The molecule has 0 saturated heterocycles. The first-order valence-electron chi connectivity index (χ1n) is 9.98. The van der Waals surface area contributed by atoms with Gasteiger partial charge in [-0.15, -0.1) is 0 Å². The summed E-state index contributed by atoms with van der Waals surface area (Å²) >= 11 is 0. The lowest BCUT2D eigenvalue weighted by Crippen LogP contribution is -1.94. The number of rotatable bonds is 10. The summed E-state index contributed by atoms with van der Waals surface area (Å²) in [6.45, 7) is 9.18. The van der Waals surface area contributed by atoms with Crippen molar-refractivity contribution in [3.63, 3.8) is 0 Å². The third-order valence-corrected chi connectivity index (χ3v) is 4.69. The molecule has 0 aliphatic rings. The van der Waals surface area contributed by atoms with Gasteiger partial charge in [0.25, 0.3) is 0 Å². The number of nitrogens with one attached hydrogen (secondary N) is 1. The fourth-order valence-corrected chi connectivity index (χ4v) is 3.11. The Hall–Kier alpha value is -1.76. The third-order valence-electron chi connectivity index (χ3n) is 4.69. The molecule has 0 fully saturated rings. The number of anilines is 2. The average Bonchev–Trinajstić information content (AvgIpc) is 2.57. The van der Waals surface area contributed by atoms with Crippen LogP contribution in [0.2, 0.25) is 0 Å². The lowest BCUT2D eigenvalue weighted by atomic mass is 10.0. The molecular weight excluding hydrogens is 302 g/mol. The molecule has 136 valence electrons. The molecule has 2 aromatic carbocycles. The zero-order chi connectivity index (χ0) is 18.1. The summed E-state index contributed by atoms with van der Waals surface area (Å²) in [4.78, 5) is 0. The summed E-state index contributed by atoms with van der Waals surface area (Å²) in [6.07, 6.45) is 7.55. The Bertz CT molecular complexity index is 537. The first-order chi connectivity index (χ1) is 12.0. The maximum atomic E-state index is 3.51. The lowest BCUT2D eigenvalue weighted by Gasteiger charge is -2.10. The topological polar surface area (TPSA) is 12.0 Å². The van der Waals surface area contributed by atoms with E-state index in [0.717, 1.165) is 11.8 Å². The molecule has 0 amide bonds. The summed E-state index contributed by atoms with van der Waals surface area (Å²) < 4.78 is 0. The van der Waals surface area contributed by atoms with Crippen LogP contribution in [0.25, 0.3) is 0 Å². The SMILES string of the molecule is CC(C)CCCc1ccc(Nc2ccc(CCCC(C)C)cc2)cc1. The summed E-state index contributed by atoms with van der Waals surface area (Å²) in [6, 6.07) is 17.8. The number of aryl methyl sites for hydroxylation is 2. The summed E-state index contributed by atoms with van der Waals surface area (Å²) in [5.41, 5.74) is 5.21. The van der Waals surface area contributed by atoms with Crippen molar-refractivity contribution in [1.82, 2.24) is 0 Å². The molecule has 1 N–H and O–H groups in total. The third kappa shape index (κ3) is 7.77. The van der Waals surface area contributed by atoms with Crippen LogP contribution in [0.3, 0.4) is 0 Å². The van der Waals surface area contributed by atoms with E-state index in [2.05, 4.69) is 81.5 Å². The van der Waals surface area contributed by atoms with Crippen molar-refractivity contribution in [3.8, 4) is 0 Å². The van der Waals surface area contributed by atoms with Crippen molar-refractivity contribution in [1.29, 1.82) is 0 Å². The molecule has 0 aromatic heterocycles. The molecule has 0 saturated carbocycles. The zero-order valence-corrected chi connectivity index (χ0v) is 16.5. The van der Waals surface area contributed by atoms with E-state index in [1.165, 1.54) is 61.0 Å². The average molecular weight is 338 g/mol. The second kappa shape index (κ2) is 10.3. The van der Waals surface area contributed by atoms with E-state index in [9.17, 15) is 0 Å². The first-order valence-corrected chi connectivity index (χ1v) is 9.98. The van der Waals surface area contributed by atoms with Gasteiger partial charge in [-0.05, 0) is 72.9 Å². The zero-order valence-electron chi connectivity index (χ0n) is 16.5. The minimum atomic E-state index is 0.800. The van der Waals surface area contributed by atoms with Crippen LogP contribution in [0.4, 0.5) is 11.4 Å². The second-order valence-electron chi connectivity index (χ2n) is 8.09. The van der Waals surface area contributed by atoms with E-state index < -0.39 is 0 Å². The van der Waals surface area contributed by atoms with Crippen LogP contribution in [0.1, 0.15) is 64.5 Å². The van der Waals surface area contributed by atoms with Crippen molar-refractivity contribution in [2.75, 3.05) is 5.32 Å². The van der Waals surface area contributed by atoms with E-state index in [1.54, 1.807) is 0 Å². The van der Waals surface area contributed by atoms with E-state index in [1.807, 2.05) is 0 Å². The van der Waals surface area contributed by atoms with Crippen LogP contribution in [0.5, 0.6) is 0 Å². The van der Waals surface area contributed by atoms with E-state index >= 15 is 0 Å². The van der Waals surface area contributed by atoms with Crippen LogP contribution in [-0.2, 0) is 12.8 Å². The Labute approximate surface area is 154 Å². The van der Waals surface area contributed by atoms with Gasteiger partial charge in [-0.3, -0.25) is 0 Å². The Morgan fingerprint density at radius 3 is 1.28 bits per heavy atom. The van der Waals surface area contributed by atoms with Gasteiger partial charge in [0.15, 0.2) is 0 Å². The van der Waals surface area contributed by atoms with Crippen LogP contribution in [0, 0.1) is 11.8 Å². The quantitative estimate of drug-likeness (QED) is 0.476. The molecule has 2 rings (SSSR count). The van der Waals surface area contributed by atoms with Gasteiger partial charge in [-0.1, -0.05) is 64.8 Å². The molecule has 1 heteroatoms. The molecule has 0 spiro atoms. The van der Waals surface area contributed by atoms with Gasteiger partial charge in [0.05, 0.1) is 0 Å². The summed E-state index contributed by atoms with van der Waals surface area (Å²) in [7, 11) is 0. The maximum Gasteiger partial charge on any atom is 0.0384 e. The van der Waals surface area contributed by atoms with Gasteiger partial charge < -0.3 is 5.32 Å². The normalized spacial score (nSPS) is 11.3. The predicted octanol–water partition coefficient (Wildman–Crippen LogP) is 7.39. The number of hydrogen-bond donors (Lipinski definition) is 1. The van der Waals surface area contributed by atoms with Crippen LogP contribution < -0.4 is 5.32 Å². The van der Waals surface area contributed by atoms with E-state index in [-0.39, 0.29) is 0 Å². The van der Waals surface area contributed by atoms with Crippen molar-refractivity contribution >= 4 is 11.4 Å². The highest BCUT2D eigenvalue weighted by molar-refractivity contribution is 5.60. The monoisotopic (exact) mass is 337 g/mol. The Kier molecular flexibility index (Phi) is 8.04. The highest BCUT2D eigenvalue weighted by Gasteiger charge is 2.00. The van der Waals surface area contributed by atoms with Gasteiger partial charge in [-0.2, -0.15) is 0 Å². The maximum absolute atomic E-state index is 3.51. The summed E-state index contributed by atoms with van der Waals surface area (Å²) in [5.74, 6) is 1.60. The van der Waals surface area contributed by atoms with Gasteiger partial charge >= 0.3 is 0 Å². The van der Waals surface area contributed by atoms with Gasteiger partial charge in [0, 0.05) is 11.4 Å². The lowest BCUT2D eigenvalue weighted by molar-refractivity contribution is 0.556. The van der Waals surface area contributed by atoms with Crippen molar-refractivity contribution in [2.45, 2.75) is 66.2 Å². The molecule has 0 atom stereocenters. The minimum absolute atomic E-state index is 0.800. The van der Waals surface area contributed by atoms with Gasteiger partial charge in [0.2, 0.25) is 0 Å². The molecule has 0 heterocycles. The molecule has 25 heavy (non-hydrogen) atoms. The Balaban J connectivity index is 1.81. The van der Waals surface area contributed by atoms with Crippen molar-refractivity contribution in [2.24, 2.45) is 11.8 Å². The standard InChI is InChI=1S/C24H35N/c1-19(2)7-5-9-21-11-15-23(16-12-21)25-24-17-13-22(14-18-24)10-6-8-20(3)4/h11-20,25H,5-10H2,1-4H3. The summed E-state index contributed by atoms with van der Waals surface area (Å²) in [5, 5.41) is 3.51. The molecule has 2 aromatic rings. The van der Waals surface area contributed by atoms with Crippen LogP contribution in [0.15, 0.2) is 48.5 Å². The fourth-order valence-electron chi connectivity index (χ4n) is 3.11. The Morgan fingerprint density at radius 2 is 0.960 bits per heavy atom. The van der Waals surface area contributed by atoms with Crippen LogP contribution >= 0.6 is 0 Å². The molecule has 0 radical (unpaired) electrons. The molecule has 0 bridgehead atoms. The smallest absolute Gasteiger partial charge is 0.0384 e. The number of hydrogen-bond acceptors (Lipinski definition) is 1. The van der Waals surface area contributed by atoms with Crippen molar-refractivity contribution in [3.05, 3.63) is 59.7 Å². The molecule has 0 unspecified atom stereocenters. The van der Waals surface area contributed by atoms with Crippen molar-refractivity contribution < 1.29 is 0 Å². The van der Waals surface area contributed by atoms with E-state index in [4.69, 9.17) is 0 Å². The highest BCUT2D eigenvalue weighted by atomic mass is 14.9. The largest absolute Gasteiger partial charge is 0.356 e. The first kappa shape index (κ1) is 19.6. The van der Waals surface area contributed by atoms with Gasteiger partial charge in [-0.25, -0.2) is 0 Å². The highest BCUT2D eigenvalue weighted by Crippen LogP contribution is 2.20. The predicted molar refractivity (Wildman–Crippen MR) is 112 cm³/mol. The van der Waals surface area contributed by atoms with Gasteiger partial charge in [0.1, 0.15) is 0 Å². The Morgan fingerprint density at radius 1 is 0.600 bits per heavy atom. The minimum Gasteiger partial charge on any atom is -0.356 e. The molecular formula is C24H35N. The van der Waals surface area contributed by atoms with Crippen LogP contribution in [-0.4, -0.2) is 0 Å². The fraction of sp³-hybridized carbons (Fsp3) is 0.500. The second-order valence-corrected chi connectivity index (χ2v) is 8.09. The molecule has 0 aliphatic carbocycles. The van der Waals surface area contributed by atoms with E-state index in [0.29, 0.717) is 0 Å². The molecule has 1 nitrogen and oxygen atoms in total.